The Kier molecular flexibility index (Phi) is 47.9. The van der Waals surface area contributed by atoms with Gasteiger partial charge in [0.2, 0.25) is 88.6 Å². The molecule has 15 amide bonds. The van der Waals surface area contributed by atoms with Gasteiger partial charge in [-0.05, 0) is 105 Å². The molecule has 14 atom stereocenters. The number of hydrogen-bond acceptors (Lipinski definition) is 27. The van der Waals surface area contributed by atoms with E-state index in [1.807, 2.05) is 0 Å². The van der Waals surface area contributed by atoms with E-state index in [0.717, 1.165) is 21.6 Å². The van der Waals surface area contributed by atoms with Crippen LogP contribution in [0.25, 0.3) is 0 Å². The number of guanidine groups is 3. The predicted molar refractivity (Wildman–Crippen MR) is 468 cm³/mol. The summed E-state index contributed by atoms with van der Waals surface area (Å²) < 4.78 is 0. The fraction of sp³-hybridized carbons (Fsp3) is 0.547. The van der Waals surface area contributed by atoms with E-state index in [9.17, 15) is 87.2 Å². The quantitative estimate of drug-likeness (QED) is 0.0111. The standard InChI is InChI=1S/C75H117N27O19S4/c1-5-39(2)59-72(121)99-53(35-103)69(118)101-55(71(120)96-50(29-41-17-19-43(104)20-18-41)66(115)92-45(60(77)109)14-9-23-85-73(78)79)37-125-124-36-54(100-61(110)44(76)21-26-122-3)70(119)97-51(30-42-32-84-38-90-42)67(116)95-49(28-40-12-7-6-8-13-40)62(111)89-33-56(105)88-34-57(106)91-46(15-10-24-86-74(80)81)63(112)94-48(22-27-123-4)64(113)98-52(31-58(107)108)68(117)93-47(65(114)102-59)16-11-25-87-75(82)83/h6-8,12-13,17-20,32,38-39,44-55,59,103-104H,5,9-11,14-16,21-31,33-37,76H2,1-4H3,(H2,77,109)(H,84,90)(H,88,105)(H,89,111)(H,91,106)(H,92,115)(H,93,117)(H,94,112)(H,95,116)(H,96,120)(H,97,119)(H,98,113)(H,99,121)(H,100,110)(H,101,118)(H,102,114)(H,107,108)(H4,78,79,85)(H4,80,81,86)(H4,82,83,87)/t39-,44-,45-,46?,47-,48-,49-,50-,51-,52?,53?,54?,55-,59-/m0/s1. The molecule has 34 N–H and O–H groups in total. The Morgan fingerprint density at radius 2 is 1.09 bits per heavy atom. The topological polar surface area (TPSA) is 769 Å². The summed E-state index contributed by atoms with van der Waals surface area (Å²) in [6, 6.07) is -7.73. The summed E-state index contributed by atoms with van der Waals surface area (Å²) in [5, 5.41) is 96.9. The van der Waals surface area contributed by atoms with Gasteiger partial charge in [0, 0.05) is 56.6 Å². The number of aromatic hydroxyl groups is 1. The van der Waals surface area contributed by atoms with Crippen molar-refractivity contribution in [2.45, 2.75) is 176 Å². The molecule has 3 aromatic rings. The number of nitrogens with two attached hydrogens (primary N) is 5. The highest BCUT2D eigenvalue weighted by Gasteiger charge is 2.39. The first kappa shape index (κ1) is 105. The lowest BCUT2D eigenvalue weighted by Crippen LogP contribution is -2.62. The maximum absolute atomic E-state index is 15.1. The SMILES string of the molecule is CC[C@H](C)[C@@H]1NC(=O)[C@H](CCCNC(=N)N)NC(=O)C(CC(=O)O)NC(=O)[C@H](CCSC)NC(=O)C(CCCNC(=N)N)NC(=O)CNC(=O)CNC(=O)[C@H](Cc2ccccc2)NC(=O)[C@H](Cc2c[nH]cn2)NC(=O)C(NC(=O)[C@@H](N)CCSC)CSSC[C@@H](C(=O)N[C@@H](Cc2ccc(O)cc2)C(=O)N[C@@H](CCCNC(=N)N)C(N)=O)NC(=O)C(CO)NC1=O. The number of nitrogens with zero attached hydrogens (tertiary/aromatic N) is 1. The number of primary amides is 1. The minimum absolute atomic E-state index is 0.00867. The van der Waals surface area contributed by atoms with Crippen LogP contribution in [-0.4, -0.2) is 291 Å². The average molecular weight is 1830 g/mol. The van der Waals surface area contributed by atoms with Crippen LogP contribution in [0.2, 0.25) is 0 Å². The van der Waals surface area contributed by atoms with Gasteiger partial charge in [-0.25, -0.2) is 4.98 Å². The Hall–Kier alpha value is -11.9. The number of thioether (sulfide) groups is 2. The van der Waals surface area contributed by atoms with Crippen molar-refractivity contribution in [3.05, 3.63) is 83.9 Å². The Morgan fingerprint density at radius 1 is 0.560 bits per heavy atom. The van der Waals surface area contributed by atoms with Gasteiger partial charge in [0.25, 0.3) is 0 Å². The highest BCUT2D eigenvalue weighted by Crippen LogP contribution is 2.25. The van der Waals surface area contributed by atoms with E-state index in [2.05, 4.69) is 100 Å². The highest BCUT2D eigenvalue weighted by atomic mass is 33.1. The van der Waals surface area contributed by atoms with Crippen LogP contribution in [-0.2, 0) is 96.0 Å². The van der Waals surface area contributed by atoms with Gasteiger partial charge in [0.1, 0.15) is 78.3 Å². The number of aromatic nitrogens is 2. The summed E-state index contributed by atoms with van der Waals surface area (Å²) in [7, 11) is 1.59. The molecule has 2 aromatic carbocycles. The van der Waals surface area contributed by atoms with E-state index in [1.165, 1.54) is 67.2 Å². The normalized spacial score (nSPS) is 21.6. The van der Waals surface area contributed by atoms with Gasteiger partial charge >= 0.3 is 5.97 Å². The van der Waals surface area contributed by atoms with Crippen molar-refractivity contribution in [2.75, 3.05) is 74.9 Å². The fourth-order valence-electron chi connectivity index (χ4n) is 11.9. The number of aliphatic hydroxyl groups excluding tert-OH is 1. The minimum atomic E-state index is -2.02. The molecule has 0 bridgehead atoms. The van der Waals surface area contributed by atoms with E-state index >= 15 is 4.79 Å². The largest absolute Gasteiger partial charge is 0.508 e. The lowest BCUT2D eigenvalue weighted by Gasteiger charge is -2.29. The Labute approximate surface area is 737 Å². The average Bonchev–Trinajstić information content (AvgIpc) is 1.65. The zero-order chi connectivity index (χ0) is 92.7. The maximum Gasteiger partial charge on any atom is 0.305 e. The molecule has 4 unspecified atom stereocenters. The molecule has 1 aromatic heterocycles. The molecule has 1 aliphatic rings. The number of carboxylic acid groups (broad SMARTS) is 1. The Bertz CT molecular complexity index is 4130. The molecule has 0 spiro atoms. The molecule has 2 heterocycles. The monoisotopic (exact) mass is 1830 g/mol. The summed E-state index contributed by atoms with van der Waals surface area (Å²) in [6.45, 7) is 0.224. The van der Waals surface area contributed by atoms with Crippen molar-refractivity contribution in [3.63, 3.8) is 0 Å². The van der Waals surface area contributed by atoms with E-state index in [0.29, 0.717) is 16.9 Å². The van der Waals surface area contributed by atoms with Crippen LogP contribution in [0, 0.1) is 22.1 Å². The first-order valence-electron chi connectivity index (χ1n) is 39.8. The molecule has 1 fully saturated rings. The number of aromatic amines is 1. The van der Waals surface area contributed by atoms with Crippen molar-refractivity contribution in [3.8, 4) is 5.75 Å². The van der Waals surface area contributed by atoms with Crippen molar-refractivity contribution in [2.24, 2.45) is 34.6 Å². The first-order valence-corrected chi connectivity index (χ1v) is 45.0. The molecule has 4 rings (SSSR count). The molecular formula is C75H117N27O19S4. The Balaban J connectivity index is 1.96. The first-order chi connectivity index (χ1) is 59.4. The smallest absolute Gasteiger partial charge is 0.305 e. The number of amides is 15. The number of aliphatic carboxylic acids is 1. The number of phenolic OH excluding ortho intramolecular Hbond substituents is 1. The summed E-state index contributed by atoms with van der Waals surface area (Å²) in [4.78, 5) is 235. The molecule has 46 nitrogen and oxygen atoms in total. The molecule has 0 radical (unpaired) electrons. The van der Waals surface area contributed by atoms with E-state index in [1.54, 1.807) is 49.8 Å². The van der Waals surface area contributed by atoms with Gasteiger partial charge in [0.15, 0.2) is 17.9 Å². The third-order valence-corrected chi connectivity index (χ3v) is 22.7. The number of carbonyl (C=O) groups excluding carboxylic acids is 15. The van der Waals surface area contributed by atoms with Gasteiger partial charge in [-0.15, -0.1) is 0 Å². The van der Waals surface area contributed by atoms with E-state index < -0.39 is 229 Å². The summed E-state index contributed by atoms with van der Waals surface area (Å²) in [5.74, 6) is -20.3. The third kappa shape index (κ3) is 40.5. The van der Waals surface area contributed by atoms with Crippen LogP contribution in [0.1, 0.15) is 94.9 Å². The van der Waals surface area contributed by atoms with Crippen molar-refractivity contribution in [1.82, 2.24) is 100 Å². The van der Waals surface area contributed by atoms with Crippen molar-refractivity contribution < 1.29 is 92.0 Å². The van der Waals surface area contributed by atoms with E-state index in [4.69, 9.17) is 44.9 Å². The van der Waals surface area contributed by atoms with Crippen molar-refractivity contribution in [1.29, 1.82) is 16.2 Å². The second-order valence-electron chi connectivity index (χ2n) is 28.8. The van der Waals surface area contributed by atoms with Gasteiger partial charge < -0.3 is 139 Å². The van der Waals surface area contributed by atoms with Gasteiger partial charge in [-0.2, -0.15) is 23.5 Å². The molecule has 0 saturated carbocycles. The highest BCUT2D eigenvalue weighted by molar-refractivity contribution is 8.76. The summed E-state index contributed by atoms with van der Waals surface area (Å²) >= 11 is 2.59. The number of H-pyrrole nitrogens is 1. The predicted octanol–water partition coefficient (Wildman–Crippen LogP) is -7.79. The number of nitrogens with one attached hydrogen (secondary N) is 21. The number of rotatable bonds is 36. The van der Waals surface area contributed by atoms with Crippen LogP contribution >= 0.6 is 45.1 Å². The van der Waals surface area contributed by atoms with E-state index in [-0.39, 0.29) is 120 Å². The van der Waals surface area contributed by atoms with Gasteiger partial charge in [-0.1, -0.05) is 84.3 Å². The number of hydrogen-bond donors (Lipinski definition) is 29. The molecule has 1 aliphatic heterocycles. The van der Waals surface area contributed by atoms with Crippen LogP contribution < -0.4 is 119 Å². The molecular weight excluding hydrogens is 1710 g/mol. The number of carboxylic acids is 1. The van der Waals surface area contributed by atoms with Crippen molar-refractivity contribution >= 4 is 158 Å². The minimum Gasteiger partial charge on any atom is -0.508 e. The lowest BCUT2D eigenvalue weighted by atomic mass is 9.97. The van der Waals surface area contributed by atoms with Crippen LogP contribution in [0.15, 0.2) is 67.1 Å². The van der Waals surface area contributed by atoms with Crippen LogP contribution in [0.4, 0.5) is 0 Å². The number of aliphatic hydroxyl groups is 1. The summed E-state index contributed by atoms with van der Waals surface area (Å²) in [6.07, 6.45) is 3.53. The Morgan fingerprint density at radius 3 is 1.66 bits per heavy atom. The van der Waals surface area contributed by atoms with Gasteiger partial charge in [0.05, 0.1) is 44.2 Å². The van der Waals surface area contributed by atoms with Crippen LogP contribution in [0.5, 0.6) is 5.75 Å². The molecule has 690 valence electrons. The summed E-state index contributed by atoms with van der Waals surface area (Å²) in [5.41, 5.74) is 29.6. The number of benzene rings is 2. The lowest BCUT2D eigenvalue weighted by molar-refractivity contribution is -0.141. The zero-order valence-corrected chi connectivity index (χ0v) is 72.8. The third-order valence-electron chi connectivity index (χ3n) is 18.9. The molecule has 50 heteroatoms. The zero-order valence-electron chi connectivity index (χ0n) is 69.5. The number of carbonyl (C=O) groups is 16. The molecule has 0 aliphatic carbocycles. The number of imidazole rings is 1. The second-order valence-corrected chi connectivity index (χ2v) is 33.3. The second kappa shape index (κ2) is 56.8. The fourth-order valence-corrected chi connectivity index (χ4v) is 15.2. The van der Waals surface area contributed by atoms with Crippen LogP contribution in [0.3, 0.4) is 0 Å². The van der Waals surface area contributed by atoms with Gasteiger partial charge in [-0.3, -0.25) is 92.9 Å². The molecule has 1 saturated heterocycles. The molecule has 125 heavy (non-hydrogen) atoms. The maximum atomic E-state index is 15.1. The number of phenols is 1.